The van der Waals surface area contributed by atoms with Crippen molar-refractivity contribution >= 4 is 31.6 Å². The van der Waals surface area contributed by atoms with Crippen molar-refractivity contribution in [1.29, 1.82) is 0 Å². The molecule has 0 unspecified atom stereocenters. The quantitative estimate of drug-likeness (QED) is 0.0648. The molecule has 0 saturated carbocycles. The topological polar surface area (TPSA) is 260 Å². The summed E-state index contributed by atoms with van der Waals surface area (Å²) in [5.74, 6) is -1.31. The first-order valence-corrected chi connectivity index (χ1v) is 21.9. The Bertz CT molecular complexity index is 1790. The minimum absolute atomic E-state index is 0.0260. The second-order valence-electron chi connectivity index (χ2n) is 12.2. The fourth-order valence-corrected chi connectivity index (χ4v) is 5.52. The molecule has 2 N–H and O–H groups in total. The molecule has 2 aromatic heterocycles. The van der Waals surface area contributed by atoms with Gasteiger partial charge in [0.2, 0.25) is 30.0 Å². The fourth-order valence-electron chi connectivity index (χ4n) is 4.55. The summed E-state index contributed by atoms with van der Waals surface area (Å²) in [4.78, 5) is 39.3. The molecule has 20 nitrogen and oxygen atoms in total. The lowest BCUT2D eigenvalue weighted by molar-refractivity contribution is -0.138. The number of nitrogens with zero attached hydrogens (tertiary/aromatic N) is 4. The maximum atomic E-state index is 13.2. The predicted molar refractivity (Wildman–Crippen MR) is 206 cm³/mol. The minimum atomic E-state index is -3.62. The molecular formula is C36H51N5O15S2. The van der Waals surface area contributed by atoms with Gasteiger partial charge in [-0.05, 0) is 29.3 Å². The molecule has 3 rings (SSSR count). The highest BCUT2D eigenvalue weighted by Crippen LogP contribution is 2.28. The standard InChI is InChI=1S/C36H51N5O15S2/c1-57(45,46)35-38-24-31(25-39-35)28-21-29(32-26-40-36(41-27-32)58(2,47)48)23-30(22-28)34(44)37-4-6-50-8-10-52-12-14-54-16-18-56-20-19-55-17-15-53-13-11-51-9-7-49-5-3-33(42)43/h21-27H,3-20H2,1-2H3,(H,37,44)(H,42,43). The third kappa shape index (κ3) is 20.0. The zero-order chi connectivity index (χ0) is 42.1. The highest BCUT2D eigenvalue weighted by Gasteiger charge is 2.16. The van der Waals surface area contributed by atoms with Crippen molar-refractivity contribution in [2.45, 2.75) is 16.7 Å². The van der Waals surface area contributed by atoms with Gasteiger partial charge in [-0.1, -0.05) is 0 Å². The maximum Gasteiger partial charge on any atom is 0.305 e. The maximum absolute atomic E-state index is 13.2. The van der Waals surface area contributed by atoms with Crippen molar-refractivity contribution in [2.24, 2.45) is 0 Å². The van der Waals surface area contributed by atoms with E-state index >= 15 is 0 Å². The first-order chi connectivity index (χ1) is 27.8. The molecule has 0 saturated heterocycles. The van der Waals surface area contributed by atoms with Gasteiger partial charge in [-0.3, -0.25) is 9.59 Å². The average molecular weight is 858 g/mol. The van der Waals surface area contributed by atoms with Crippen molar-refractivity contribution in [3.8, 4) is 22.3 Å². The van der Waals surface area contributed by atoms with E-state index in [1.54, 1.807) is 18.2 Å². The summed E-state index contributed by atoms with van der Waals surface area (Å²) in [5.41, 5.74) is 2.14. The number of carboxylic acid groups (broad SMARTS) is 1. The number of rotatable bonds is 32. The Morgan fingerprint density at radius 2 is 0.810 bits per heavy atom. The molecule has 1 aromatic carbocycles. The van der Waals surface area contributed by atoms with Crippen LogP contribution in [-0.2, 0) is 62.4 Å². The van der Waals surface area contributed by atoms with Crippen molar-refractivity contribution < 1.29 is 69.4 Å². The predicted octanol–water partition coefficient (Wildman–Crippen LogP) is 0.745. The zero-order valence-electron chi connectivity index (χ0n) is 32.5. The molecule has 0 bridgehead atoms. The number of carbonyl (C=O) groups is 2. The van der Waals surface area contributed by atoms with Crippen LogP contribution in [0.15, 0.2) is 53.3 Å². The van der Waals surface area contributed by atoms with Gasteiger partial charge in [-0.25, -0.2) is 36.8 Å². The Labute approximate surface area is 337 Å². The number of ether oxygens (including phenoxy) is 8. The second kappa shape index (κ2) is 26.8. The van der Waals surface area contributed by atoms with Crippen LogP contribution in [0.5, 0.6) is 0 Å². The number of aliphatic carboxylic acids is 1. The summed E-state index contributed by atoms with van der Waals surface area (Å²) >= 11 is 0. The lowest BCUT2D eigenvalue weighted by atomic mass is 9.98. The van der Waals surface area contributed by atoms with Gasteiger partial charge in [-0.15, -0.1) is 0 Å². The summed E-state index contributed by atoms with van der Waals surface area (Å²) < 4.78 is 90.6. The summed E-state index contributed by atoms with van der Waals surface area (Å²) in [6.45, 7) is 6.06. The Balaban J connectivity index is 1.23. The van der Waals surface area contributed by atoms with Crippen LogP contribution >= 0.6 is 0 Å². The van der Waals surface area contributed by atoms with E-state index in [-0.39, 0.29) is 42.1 Å². The number of aromatic nitrogens is 4. The van der Waals surface area contributed by atoms with Crippen molar-refractivity contribution in [2.75, 3.05) is 125 Å². The zero-order valence-corrected chi connectivity index (χ0v) is 34.2. The number of carboxylic acids is 1. The normalized spacial score (nSPS) is 11.8. The van der Waals surface area contributed by atoms with Crippen molar-refractivity contribution in [1.82, 2.24) is 25.3 Å². The molecule has 22 heteroatoms. The van der Waals surface area contributed by atoms with Crippen LogP contribution < -0.4 is 5.32 Å². The largest absolute Gasteiger partial charge is 0.481 e. The summed E-state index contributed by atoms with van der Waals surface area (Å²) in [7, 11) is -7.25. The first kappa shape index (κ1) is 48.3. The van der Waals surface area contributed by atoms with Gasteiger partial charge < -0.3 is 48.3 Å². The van der Waals surface area contributed by atoms with Crippen LogP contribution in [0.3, 0.4) is 0 Å². The van der Waals surface area contributed by atoms with Crippen LogP contribution in [0.4, 0.5) is 0 Å². The molecule has 322 valence electrons. The molecule has 2 heterocycles. The highest BCUT2D eigenvalue weighted by molar-refractivity contribution is 7.90. The second-order valence-corrected chi connectivity index (χ2v) is 16.0. The van der Waals surface area contributed by atoms with Gasteiger partial charge in [0.1, 0.15) is 0 Å². The number of hydrogen-bond acceptors (Lipinski definition) is 18. The van der Waals surface area contributed by atoms with E-state index in [1.165, 1.54) is 24.8 Å². The SMILES string of the molecule is CS(=O)(=O)c1ncc(-c2cc(C(=O)NCCOCCOCCOCCOCCOCCOCCOCCOCCC(=O)O)cc(-c3cnc(S(C)(=O)=O)nc3)c2)cn1. The van der Waals surface area contributed by atoms with Gasteiger partial charge in [0, 0.05) is 60.5 Å². The molecule has 0 spiro atoms. The van der Waals surface area contributed by atoms with Crippen LogP contribution in [-0.4, -0.2) is 179 Å². The van der Waals surface area contributed by atoms with Gasteiger partial charge in [0.05, 0.1) is 112 Å². The number of nitrogens with one attached hydrogen (secondary N) is 1. The third-order valence-corrected chi connectivity index (χ3v) is 9.13. The lowest BCUT2D eigenvalue weighted by Crippen LogP contribution is -2.27. The summed E-state index contributed by atoms with van der Waals surface area (Å²) in [6, 6.07) is 4.89. The molecule has 0 radical (unpaired) electrons. The molecule has 0 aliphatic heterocycles. The van der Waals surface area contributed by atoms with E-state index in [0.717, 1.165) is 12.5 Å². The molecule has 0 aliphatic rings. The van der Waals surface area contributed by atoms with E-state index < -0.39 is 31.6 Å². The Morgan fingerprint density at radius 1 is 0.500 bits per heavy atom. The highest BCUT2D eigenvalue weighted by atomic mass is 32.2. The van der Waals surface area contributed by atoms with Crippen molar-refractivity contribution in [3.63, 3.8) is 0 Å². The average Bonchev–Trinajstić information content (AvgIpc) is 3.19. The number of sulfone groups is 2. The summed E-state index contributed by atoms with van der Waals surface area (Å²) in [5, 5.41) is 10.6. The Kier molecular flexibility index (Phi) is 22.3. The van der Waals surface area contributed by atoms with Crippen LogP contribution in [0.25, 0.3) is 22.3 Å². The molecule has 58 heavy (non-hydrogen) atoms. The monoisotopic (exact) mass is 857 g/mol. The fraction of sp³-hybridized carbons (Fsp3) is 0.556. The van der Waals surface area contributed by atoms with Crippen LogP contribution in [0, 0.1) is 0 Å². The number of hydrogen-bond donors (Lipinski definition) is 2. The smallest absolute Gasteiger partial charge is 0.305 e. The van der Waals surface area contributed by atoms with E-state index in [2.05, 4.69) is 25.3 Å². The van der Waals surface area contributed by atoms with Crippen LogP contribution in [0.1, 0.15) is 16.8 Å². The first-order valence-electron chi connectivity index (χ1n) is 18.2. The molecule has 1 amide bonds. The molecule has 0 fully saturated rings. The number of carbonyl (C=O) groups excluding carboxylic acids is 1. The van der Waals surface area contributed by atoms with E-state index in [0.29, 0.717) is 115 Å². The Hall–Kier alpha value is -4.10. The minimum Gasteiger partial charge on any atom is -0.481 e. The van der Waals surface area contributed by atoms with Gasteiger partial charge in [0.15, 0.2) is 0 Å². The van der Waals surface area contributed by atoms with Gasteiger partial charge >= 0.3 is 5.97 Å². The lowest BCUT2D eigenvalue weighted by Gasteiger charge is -2.11. The van der Waals surface area contributed by atoms with Crippen molar-refractivity contribution in [3.05, 3.63) is 48.5 Å². The molecule has 0 atom stereocenters. The van der Waals surface area contributed by atoms with Gasteiger partial charge in [0.25, 0.3) is 5.91 Å². The molecule has 3 aromatic rings. The van der Waals surface area contributed by atoms with E-state index in [4.69, 9.17) is 43.0 Å². The Morgan fingerprint density at radius 3 is 1.12 bits per heavy atom. The van der Waals surface area contributed by atoms with Gasteiger partial charge in [-0.2, -0.15) is 0 Å². The number of benzene rings is 1. The van der Waals surface area contributed by atoms with Crippen LogP contribution in [0.2, 0.25) is 0 Å². The van der Waals surface area contributed by atoms with E-state index in [9.17, 15) is 26.4 Å². The molecular weight excluding hydrogens is 807 g/mol. The summed E-state index contributed by atoms with van der Waals surface area (Å²) in [6.07, 6.45) is 7.30. The number of amides is 1. The van der Waals surface area contributed by atoms with E-state index in [1.807, 2.05) is 0 Å². The third-order valence-electron chi connectivity index (χ3n) is 7.38. The molecule has 0 aliphatic carbocycles.